The zero-order valence-corrected chi connectivity index (χ0v) is 25.5. The number of carbonyl (C=O) groups is 3. The quantitative estimate of drug-likeness (QED) is 0.115. The number of amides is 2. The molecule has 9 nitrogen and oxygen atoms in total. The van der Waals surface area contributed by atoms with E-state index in [2.05, 4.69) is 20.3 Å². The zero-order chi connectivity index (χ0) is 28.1. The predicted octanol–water partition coefficient (Wildman–Crippen LogP) is 4.78. The third kappa shape index (κ3) is 7.65. The number of carboxylic acid groups (broad SMARTS) is 1. The average Bonchev–Trinajstić information content (AvgIpc) is 2.87. The summed E-state index contributed by atoms with van der Waals surface area (Å²) in [6.07, 6.45) is 3.61. The summed E-state index contributed by atoms with van der Waals surface area (Å²) in [6, 6.07) is 4.30. The molecule has 0 saturated carbocycles. The van der Waals surface area contributed by atoms with E-state index in [1.165, 1.54) is 40.2 Å². The summed E-state index contributed by atoms with van der Waals surface area (Å²) < 4.78 is 0. The molecule has 2 aliphatic heterocycles. The van der Waals surface area contributed by atoms with E-state index < -0.39 is 23.3 Å². The third-order valence-electron chi connectivity index (χ3n) is 5.35. The second kappa shape index (κ2) is 13.6. The molecule has 4 heterocycles. The molecule has 4 rings (SSSR count). The summed E-state index contributed by atoms with van der Waals surface area (Å²) in [5, 5.41) is 14.1. The van der Waals surface area contributed by atoms with Crippen molar-refractivity contribution in [2.45, 2.75) is 40.3 Å². The van der Waals surface area contributed by atoms with Crippen LogP contribution < -0.4 is 5.32 Å². The predicted molar refractivity (Wildman–Crippen MR) is 158 cm³/mol. The number of rotatable bonds is 11. The maximum absolute atomic E-state index is 12.9. The Balaban J connectivity index is 1.35. The molecule has 0 aliphatic carbocycles. The molecule has 0 radical (unpaired) electrons. The van der Waals surface area contributed by atoms with Crippen LogP contribution in [0.15, 0.2) is 56.7 Å². The lowest BCUT2D eigenvalue weighted by molar-refractivity contribution is -0.150. The standard InChI is InChI=1S/C24H23Cl2N5O4S4/c1-3-36-24-27-12(2)7-18(30-24)37-6-4-5-13-10-39-22-19(21(33)31(22)20(13)23(34)35)29-17(32)11-38-14-8-15(25)28-16(26)9-14/h4-5,7-9,19,22H,3,6,10-11H2,1-2H3,(H,29,32)(H,34,35)/b5-4+/t19-,22-/m1/s1. The molecular formula is C24H23Cl2N5O4S4. The van der Waals surface area contributed by atoms with Crippen LogP contribution in [0.3, 0.4) is 0 Å². The van der Waals surface area contributed by atoms with Crippen LogP contribution in [0.4, 0.5) is 0 Å². The molecule has 0 bridgehead atoms. The van der Waals surface area contributed by atoms with Gasteiger partial charge in [0, 0.05) is 22.1 Å². The molecule has 2 aromatic heterocycles. The second-order valence-corrected chi connectivity index (χ2v) is 13.3. The van der Waals surface area contributed by atoms with Gasteiger partial charge in [-0.05, 0) is 36.4 Å². The molecule has 2 atom stereocenters. The Bertz CT molecular complexity index is 1340. The van der Waals surface area contributed by atoms with Crippen LogP contribution in [-0.4, -0.2) is 77.2 Å². The number of aryl methyl sites for hydroxylation is 1. The number of aliphatic carboxylic acids is 1. The van der Waals surface area contributed by atoms with Crippen molar-refractivity contribution in [3.05, 3.63) is 57.6 Å². The SMILES string of the molecule is CCSc1nc(C)cc(SC/C=C/C2=C(C(=O)O)N3C(=O)[C@@H](NC(=O)CSc4cc(Cl)nc(Cl)c4)[C@H]3SC2)n1. The Labute approximate surface area is 252 Å². The molecule has 2 aromatic rings. The van der Waals surface area contributed by atoms with Crippen LogP contribution in [-0.2, 0) is 14.4 Å². The van der Waals surface area contributed by atoms with E-state index in [1.807, 2.05) is 26.0 Å². The van der Waals surface area contributed by atoms with Crippen molar-refractivity contribution in [2.24, 2.45) is 0 Å². The van der Waals surface area contributed by atoms with E-state index in [0.29, 0.717) is 22.0 Å². The first-order valence-electron chi connectivity index (χ1n) is 11.6. The molecule has 2 amide bonds. The Hall–Kier alpha value is -1.90. The average molecular weight is 645 g/mol. The highest BCUT2D eigenvalue weighted by molar-refractivity contribution is 8.00. The van der Waals surface area contributed by atoms with Crippen molar-refractivity contribution in [1.82, 2.24) is 25.2 Å². The number of carbonyl (C=O) groups excluding carboxylic acids is 2. The third-order valence-corrected chi connectivity index (χ3v) is 9.61. The number of fused-ring (bicyclic) bond motifs is 1. The van der Waals surface area contributed by atoms with Gasteiger partial charge >= 0.3 is 5.97 Å². The summed E-state index contributed by atoms with van der Waals surface area (Å²) in [5.74, 6) is -0.0863. The highest BCUT2D eigenvalue weighted by Crippen LogP contribution is 2.41. The summed E-state index contributed by atoms with van der Waals surface area (Å²) in [4.78, 5) is 52.2. The van der Waals surface area contributed by atoms with E-state index in [9.17, 15) is 19.5 Å². The highest BCUT2D eigenvalue weighted by Gasteiger charge is 2.53. The van der Waals surface area contributed by atoms with E-state index in [1.54, 1.807) is 30.0 Å². The summed E-state index contributed by atoms with van der Waals surface area (Å²) >= 11 is 17.5. The number of pyridine rings is 1. The van der Waals surface area contributed by atoms with Crippen LogP contribution in [0.5, 0.6) is 0 Å². The molecule has 15 heteroatoms. The number of β-lactam (4-membered cyclic amide) rings is 1. The van der Waals surface area contributed by atoms with E-state index in [0.717, 1.165) is 21.6 Å². The zero-order valence-electron chi connectivity index (χ0n) is 20.7. The van der Waals surface area contributed by atoms with Crippen LogP contribution in [0.1, 0.15) is 12.6 Å². The minimum Gasteiger partial charge on any atom is -0.477 e. The van der Waals surface area contributed by atoms with Gasteiger partial charge in [-0.3, -0.25) is 14.5 Å². The fourth-order valence-corrected chi connectivity index (χ4v) is 7.90. The highest BCUT2D eigenvalue weighted by atomic mass is 35.5. The van der Waals surface area contributed by atoms with E-state index in [4.69, 9.17) is 23.2 Å². The van der Waals surface area contributed by atoms with Crippen molar-refractivity contribution >= 4 is 88.0 Å². The largest absolute Gasteiger partial charge is 0.477 e. The van der Waals surface area contributed by atoms with Crippen LogP contribution in [0.25, 0.3) is 0 Å². The van der Waals surface area contributed by atoms with Gasteiger partial charge in [-0.15, -0.1) is 35.3 Å². The number of nitrogens with one attached hydrogen (secondary N) is 1. The number of halogens is 2. The molecule has 2 N–H and O–H groups in total. The van der Waals surface area contributed by atoms with Gasteiger partial charge in [0.2, 0.25) is 5.91 Å². The van der Waals surface area contributed by atoms with Gasteiger partial charge in [0.1, 0.15) is 32.4 Å². The monoisotopic (exact) mass is 643 g/mol. The van der Waals surface area contributed by atoms with Crippen LogP contribution in [0, 0.1) is 6.92 Å². The number of allylic oxidation sites excluding steroid dienone is 1. The second-order valence-electron chi connectivity index (χ2n) is 8.15. The van der Waals surface area contributed by atoms with Crippen molar-refractivity contribution in [3.8, 4) is 0 Å². The smallest absolute Gasteiger partial charge is 0.352 e. The van der Waals surface area contributed by atoms with Gasteiger partial charge in [-0.25, -0.2) is 19.7 Å². The van der Waals surface area contributed by atoms with Gasteiger partial charge in [0.25, 0.3) is 5.91 Å². The van der Waals surface area contributed by atoms with E-state index in [-0.39, 0.29) is 27.7 Å². The fraction of sp³-hybridized carbons (Fsp3) is 0.333. The topological polar surface area (TPSA) is 125 Å². The van der Waals surface area contributed by atoms with Crippen molar-refractivity contribution in [3.63, 3.8) is 0 Å². The first kappa shape index (κ1) is 30.1. The van der Waals surface area contributed by atoms with Gasteiger partial charge in [-0.2, -0.15) is 0 Å². The lowest BCUT2D eigenvalue weighted by Crippen LogP contribution is -2.70. The molecule has 0 spiro atoms. The molecule has 0 aromatic carbocycles. The normalized spacial score (nSPS) is 18.8. The number of carboxylic acids is 1. The molecule has 0 unspecified atom stereocenters. The maximum atomic E-state index is 12.9. The number of thioether (sulfide) groups is 4. The van der Waals surface area contributed by atoms with Gasteiger partial charge in [0.05, 0.1) is 5.75 Å². The first-order valence-corrected chi connectivity index (χ1v) is 16.4. The Morgan fingerprint density at radius 1 is 1.18 bits per heavy atom. The molecule has 1 fully saturated rings. The van der Waals surface area contributed by atoms with Gasteiger partial charge in [0.15, 0.2) is 5.16 Å². The molecular weight excluding hydrogens is 621 g/mol. The Morgan fingerprint density at radius 2 is 1.92 bits per heavy atom. The summed E-state index contributed by atoms with van der Waals surface area (Å²) in [7, 11) is 0. The van der Waals surface area contributed by atoms with Crippen molar-refractivity contribution in [2.75, 3.05) is 23.0 Å². The Kier molecular flexibility index (Phi) is 10.5. The number of aromatic nitrogens is 3. The molecule has 39 heavy (non-hydrogen) atoms. The Morgan fingerprint density at radius 3 is 2.62 bits per heavy atom. The minimum atomic E-state index is -1.18. The first-order chi connectivity index (χ1) is 18.7. The van der Waals surface area contributed by atoms with E-state index >= 15 is 0 Å². The molecule has 2 aliphatic rings. The van der Waals surface area contributed by atoms with Crippen molar-refractivity contribution < 1.29 is 19.5 Å². The lowest BCUT2D eigenvalue weighted by Gasteiger charge is -2.49. The molecule has 206 valence electrons. The summed E-state index contributed by atoms with van der Waals surface area (Å²) in [6.45, 7) is 3.97. The fourth-order valence-electron chi connectivity index (χ4n) is 3.77. The number of hydrogen-bond donors (Lipinski definition) is 2. The minimum absolute atomic E-state index is 0.0373. The summed E-state index contributed by atoms with van der Waals surface area (Å²) in [5.41, 5.74) is 1.39. The van der Waals surface area contributed by atoms with Crippen LogP contribution >= 0.6 is 70.2 Å². The maximum Gasteiger partial charge on any atom is 0.352 e. The van der Waals surface area contributed by atoms with Crippen molar-refractivity contribution in [1.29, 1.82) is 0 Å². The lowest BCUT2D eigenvalue weighted by atomic mass is 10.0. The molecule has 1 saturated heterocycles. The van der Waals surface area contributed by atoms with Crippen LogP contribution in [0.2, 0.25) is 10.3 Å². The number of nitrogens with zero attached hydrogens (tertiary/aromatic N) is 4. The van der Waals surface area contributed by atoms with Gasteiger partial charge in [-0.1, -0.05) is 54.0 Å². The number of hydrogen-bond acceptors (Lipinski definition) is 10. The van der Waals surface area contributed by atoms with Gasteiger partial charge < -0.3 is 10.4 Å².